The standard InChI is InChI=1S/C23H17FN6O3/c1-14-7-9-15(10-8-14)20-26-22(33-28-20)18-6-3-11-29-21(18)27-30(23(29)32)13-19(31)25-17-5-2-4-16(24)12-17/h2-12H,13H2,1H3,(H,25,31). The zero-order valence-electron chi connectivity index (χ0n) is 17.4. The minimum Gasteiger partial charge on any atom is -0.333 e. The van der Waals surface area contributed by atoms with Gasteiger partial charge in [0.2, 0.25) is 11.7 Å². The highest BCUT2D eigenvalue weighted by atomic mass is 19.1. The number of amides is 1. The second-order valence-electron chi connectivity index (χ2n) is 7.40. The molecular formula is C23H17FN6O3. The minimum atomic E-state index is -0.521. The summed E-state index contributed by atoms with van der Waals surface area (Å²) in [6, 6.07) is 16.5. The molecular weight excluding hydrogens is 427 g/mol. The molecule has 33 heavy (non-hydrogen) atoms. The molecule has 1 amide bonds. The van der Waals surface area contributed by atoms with Crippen LogP contribution in [0.1, 0.15) is 5.56 Å². The van der Waals surface area contributed by atoms with Crippen molar-refractivity contribution in [3.63, 3.8) is 0 Å². The molecule has 0 aliphatic heterocycles. The van der Waals surface area contributed by atoms with Crippen molar-refractivity contribution in [3.05, 3.63) is 88.7 Å². The van der Waals surface area contributed by atoms with Gasteiger partial charge in [0.15, 0.2) is 5.65 Å². The fraction of sp³-hybridized carbons (Fsp3) is 0.0870. The second kappa shape index (κ2) is 8.15. The van der Waals surface area contributed by atoms with Crippen LogP contribution in [-0.4, -0.2) is 30.2 Å². The number of benzene rings is 2. The molecule has 5 aromatic rings. The van der Waals surface area contributed by atoms with E-state index in [2.05, 4.69) is 20.6 Å². The van der Waals surface area contributed by atoms with Crippen LogP contribution in [0.5, 0.6) is 0 Å². The topological polar surface area (TPSA) is 107 Å². The summed E-state index contributed by atoms with van der Waals surface area (Å²) in [6.07, 6.45) is 1.53. The number of carbonyl (C=O) groups excluding carboxylic acids is 1. The summed E-state index contributed by atoms with van der Waals surface area (Å²) in [5.74, 6) is -0.403. The predicted molar refractivity (Wildman–Crippen MR) is 118 cm³/mol. The van der Waals surface area contributed by atoms with Crippen molar-refractivity contribution < 1.29 is 13.7 Å². The second-order valence-corrected chi connectivity index (χ2v) is 7.40. The van der Waals surface area contributed by atoms with Crippen molar-refractivity contribution >= 4 is 17.2 Å². The first-order valence-electron chi connectivity index (χ1n) is 10.0. The van der Waals surface area contributed by atoms with Crippen LogP contribution in [0.15, 0.2) is 76.2 Å². The summed E-state index contributed by atoms with van der Waals surface area (Å²) in [6.45, 7) is 1.63. The number of nitrogens with zero attached hydrogens (tertiary/aromatic N) is 5. The molecule has 0 unspecified atom stereocenters. The monoisotopic (exact) mass is 444 g/mol. The number of hydrogen-bond donors (Lipinski definition) is 1. The number of rotatable bonds is 5. The van der Waals surface area contributed by atoms with Crippen LogP contribution in [0.25, 0.3) is 28.5 Å². The molecule has 0 aliphatic rings. The molecule has 0 aliphatic carbocycles. The lowest BCUT2D eigenvalue weighted by atomic mass is 10.1. The third kappa shape index (κ3) is 4.01. The largest absolute Gasteiger partial charge is 0.350 e. The fourth-order valence-corrected chi connectivity index (χ4v) is 3.36. The van der Waals surface area contributed by atoms with Gasteiger partial charge in [-0.15, -0.1) is 5.10 Å². The highest BCUT2D eigenvalue weighted by Gasteiger charge is 2.18. The molecule has 0 saturated carbocycles. The molecule has 9 nitrogen and oxygen atoms in total. The third-order valence-corrected chi connectivity index (χ3v) is 4.98. The average Bonchev–Trinajstić information content (AvgIpc) is 3.40. The van der Waals surface area contributed by atoms with Gasteiger partial charge in [0.25, 0.3) is 5.89 Å². The van der Waals surface area contributed by atoms with Crippen molar-refractivity contribution in [3.8, 4) is 22.8 Å². The van der Waals surface area contributed by atoms with Gasteiger partial charge in [-0.25, -0.2) is 18.3 Å². The highest BCUT2D eigenvalue weighted by molar-refractivity contribution is 5.90. The van der Waals surface area contributed by atoms with E-state index in [4.69, 9.17) is 4.52 Å². The SMILES string of the molecule is Cc1ccc(-c2noc(-c3cccn4c(=O)n(CC(=O)Nc5cccc(F)c5)nc34)n2)cc1. The number of carbonyl (C=O) groups is 1. The summed E-state index contributed by atoms with van der Waals surface area (Å²) in [5, 5.41) is 10.9. The van der Waals surface area contributed by atoms with Gasteiger partial charge in [-0.2, -0.15) is 4.98 Å². The molecule has 0 spiro atoms. The van der Waals surface area contributed by atoms with Gasteiger partial charge in [0, 0.05) is 17.4 Å². The lowest BCUT2D eigenvalue weighted by Gasteiger charge is -2.04. The number of hydrogen-bond acceptors (Lipinski definition) is 6. The third-order valence-electron chi connectivity index (χ3n) is 4.98. The van der Waals surface area contributed by atoms with E-state index in [-0.39, 0.29) is 23.8 Å². The van der Waals surface area contributed by atoms with E-state index in [1.54, 1.807) is 18.2 Å². The Morgan fingerprint density at radius 1 is 1.12 bits per heavy atom. The first-order chi connectivity index (χ1) is 16.0. The van der Waals surface area contributed by atoms with E-state index in [9.17, 15) is 14.0 Å². The number of nitrogens with one attached hydrogen (secondary N) is 1. The van der Waals surface area contributed by atoms with Crippen LogP contribution in [0.4, 0.5) is 10.1 Å². The Labute approximate surface area is 186 Å². The van der Waals surface area contributed by atoms with E-state index in [1.165, 1.54) is 28.8 Å². The summed E-state index contributed by atoms with van der Waals surface area (Å²) in [4.78, 5) is 29.6. The maximum atomic E-state index is 13.3. The summed E-state index contributed by atoms with van der Waals surface area (Å²) in [7, 11) is 0. The van der Waals surface area contributed by atoms with Gasteiger partial charge >= 0.3 is 5.69 Å². The first kappa shape index (κ1) is 20.3. The quantitative estimate of drug-likeness (QED) is 0.446. The Morgan fingerprint density at radius 2 is 1.94 bits per heavy atom. The molecule has 0 atom stereocenters. The van der Waals surface area contributed by atoms with Crippen LogP contribution >= 0.6 is 0 Å². The molecule has 3 aromatic heterocycles. The fourth-order valence-electron chi connectivity index (χ4n) is 3.36. The number of pyridine rings is 1. The average molecular weight is 444 g/mol. The minimum absolute atomic E-state index is 0.192. The molecule has 164 valence electrons. The van der Waals surface area contributed by atoms with Gasteiger partial charge in [0.05, 0.1) is 5.56 Å². The van der Waals surface area contributed by atoms with Crippen LogP contribution in [0, 0.1) is 12.7 Å². The number of halogens is 1. The lowest BCUT2D eigenvalue weighted by Crippen LogP contribution is -2.28. The molecule has 1 N–H and O–H groups in total. The smallest absolute Gasteiger partial charge is 0.333 e. The van der Waals surface area contributed by atoms with Crippen molar-refractivity contribution in [2.75, 3.05) is 5.32 Å². The van der Waals surface area contributed by atoms with Gasteiger partial charge < -0.3 is 9.84 Å². The van der Waals surface area contributed by atoms with E-state index in [0.29, 0.717) is 11.4 Å². The Balaban J connectivity index is 1.45. The Hall–Kier alpha value is -4.60. The zero-order chi connectivity index (χ0) is 22.9. The molecule has 0 saturated heterocycles. The molecule has 0 fully saturated rings. The molecule has 2 aromatic carbocycles. The maximum Gasteiger partial charge on any atom is 0.350 e. The molecule has 3 heterocycles. The van der Waals surface area contributed by atoms with Gasteiger partial charge in [-0.1, -0.05) is 41.1 Å². The van der Waals surface area contributed by atoms with Crippen molar-refractivity contribution in [2.45, 2.75) is 13.5 Å². The van der Waals surface area contributed by atoms with Gasteiger partial charge in [0.1, 0.15) is 12.4 Å². The number of fused-ring (bicyclic) bond motifs is 1. The normalized spacial score (nSPS) is 11.1. The molecule has 5 rings (SSSR count). The number of aryl methyl sites for hydroxylation is 1. The molecule has 0 bridgehead atoms. The molecule has 0 radical (unpaired) electrons. The van der Waals surface area contributed by atoms with Crippen LogP contribution in [0.2, 0.25) is 0 Å². The Bertz CT molecular complexity index is 1530. The van der Waals surface area contributed by atoms with Crippen molar-refractivity contribution in [2.24, 2.45) is 0 Å². The Morgan fingerprint density at radius 3 is 2.73 bits per heavy atom. The van der Waals surface area contributed by atoms with E-state index < -0.39 is 17.4 Å². The lowest BCUT2D eigenvalue weighted by molar-refractivity contribution is -0.117. The summed E-state index contributed by atoms with van der Waals surface area (Å²) < 4.78 is 21.1. The van der Waals surface area contributed by atoms with Crippen LogP contribution in [-0.2, 0) is 11.3 Å². The van der Waals surface area contributed by atoms with E-state index in [0.717, 1.165) is 15.8 Å². The first-order valence-corrected chi connectivity index (χ1v) is 10.0. The van der Waals surface area contributed by atoms with Crippen LogP contribution < -0.4 is 11.0 Å². The number of anilines is 1. The van der Waals surface area contributed by atoms with Crippen LogP contribution in [0.3, 0.4) is 0 Å². The van der Waals surface area contributed by atoms with E-state index >= 15 is 0 Å². The van der Waals surface area contributed by atoms with Gasteiger partial charge in [-0.3, -0.25) is 4.79 Å². The van der Waals surface area contributed by atoms with Gasteiger partial charge in [-0.05, 0) is 37.3 Å². The highest BCUT2D eigenvalue weighted by Crippen LogP contribution is 2.24. The molecule has 10 heteroatoms. The summed E-state index contributed by atoms with van der Waals surface area (Å²) >= 11 is 0. The number of aromatic nitrogens is 5. The summed E-state index contributed by atoms with van der Waals surface area (Å²) in [5.41, 5.74) is 2.38. The van der Waals surface area contributed by atoms with E-state index in [1.807, 2.05) is 31.2 Å². The van der Waals surface area contributed by atoms with Crippen molar-refractivity contribution in [1.82, 2.24) is 24.3 Å². The van der Waals surface area contributed by atoms with Crippen molar-refractivity contribution in [1.29, 1.82) is 0 Å². The Kier molecular flexibility index (Phi) is 5.02. The predicted octanol–water partition coefficient (Wildman–Crippen LogP) is 3.30. The maximum absolute atomic E-state index is 13.3. The zero-order valence-corrected chi connectivity index (χ0v) is 17.4.